The molecule has 1 aromatic heterocycles. The van der Waals surface area contributed by atoms with Gasteiger partial charge < -0.3 is 14.6 Å². The van der Waals surface area contributed by atoms with Gasteiger partial charge in [0.1, 0.15) is 11.6 Å². The van der Waals surface area contributed by atoms with Crippen LogP contribution in [0.1, 0.15) is 37.8 Å². The molecule has 2 aromatic rings. The number of carbonyl (C=O) groups is 1. The fourth-order valence-electron chi connectivity index (χ4n) is 3.09. The van der Waals surface area contributed by atoms with E-state index >= 15 is 0 Å². The molecule has 0 bridgehead atoms. The summed E-state index contributed by atoms with van der Waals surface area (Å²) in [6, 6.07) is 7.33. The number of rotatable bonds is 5. The third-order valence-corrected chi connectivity index (χ3v) is 4.44. The number of carbonyl (C=O) groups excluding carboxylic acids is 1. The maximum atomic E-state index is 12.6. The number of hydrogen-bond acceptors (Lipinski definition) is 4. The van der Waals surface area contributed by atoms with Crippen molar-refractivity contribution in [1.82, 2.24) is 20.1 Å². The summed E-state index contributed by atoms with van der Waals surface area (Å²) in [7, 11) is 1.63. The average molecular weight is 343 g/mol. The lowest BCUT2D eigenvalue weighted by Gasteiger charge is -2.23. The molecule has 0 saturated heterocycles. The second kappa shape index (κ2) is 8.00. The van der Waals surface area contributed by atoms with E-state index in [1.807, 2.05) is 31.2 Å². The minimum atomic E-state index is -0.140. The van der Waals surface area contributed by atoms with Crippen LogP contribution in [-0.4, -0.2) is 34.5 Å². The molecule has 0 aliphatic carbocycles. The summed E-state index contributed by atoms with van der Waals surface area (Å²) in [5.41, 5.74) is 0.803. The first-order valence-corrected chi connectivity index (χ1v) is 8.83. The summed E-state index contributed by atoms with van der Waals surface area (Å²) in [5, 5.41) is 11.6. The molecule has 3 rings (SSSR count). The van der Waals surface area contributed by atoms with Crippen LogP contribution in [0.3, 0.4) is 0 Å². The molecule has 1 aliphatic heterocycles. The van der Waals surface area contributed by atoms with Gasteiger partial charge in [-0.15, -0.1) is 10.2 Å². The molecule has 0 spiro atoms. The summed E-state index contributed by atoms with van der Waals surface area (Å²) < 4.78 is 7.37. The number of urea groups is 1. The second-order valence-electron chi connectivity index (χ2n) is 6.11. The molecule has 1 aromatic carbocycles. The Morgan fingerprint density at radius 3 is 2.76 bits per heavy atom. The number of fused-ring (bicyclic) bond motifs is 1. The number of nitrogens with zero attached hydrogens (tertiary/aromatic N) is 4. The van der Waals surface area contributed by atoms with Gasteiger partial charge in [0, 0.05) is 25.2 Å². The number of anilines is 1. The number of hydrogen-bond donors (Lipinski definition) is 1. The van der Waals surface area contributed by atoms with Gasteiger partial charge in [0.05, 0.1) is 13.7 Å². The molecule has 7 heteroatoms. The Labute approximate surface area is 148 Å². The lowest BCUT2D eigenvalue weighted by Crippen LogP contribution is -2.40. The van der Waals surface area contributed by atoms with E-state index in [2.05, 4.69) is 20.1 Å². The van der Waals surface area contributed by atoms with Gasteiger partial charge in [0.25, 0.3) is 0 Å². The smallest absolute Gasteiger partial charge is 0.322 e. The van der Waals surface area contributed by atoms with Crippen molar-refractivity contribution in [1.29, 1.82) is 0 Å². The first-order valence-electron chi connectivity index (χ1n) is 8.83. The van der Waals surface area contributed by atoms with E-state index in [1.54, 1.807) is 12.0 Å². The van der Waals surface area contributed by atoms with Crippen LogP contribution < -0.4 is 15.0 Å². The van der Waals surface area contributed by atoms with Crippen molar-refractivity contribution in [2.45, 2.75) is 45.7 Å². The molecule has 0 fully saturated rings. The van der Waals surface area contributed by atoms with Crippen LogP contribution in [0.5, 0.6) is 5.75 Å². The summed E-state index contributed by atoms with van der Waals surface area (Å²) in [4.78, 5) is 14.3. The number of aromatic nitrogens is 3. The Balaban J connectivity index is 1.87. The van der Waals surface area contributed by atoms with Crippen LogP contribution in [0, 0.1) is 0 Å². The van der Waals surface area contributed by atoms with Gasteiger partial charge in [0.2, 0.25) is 0 Å². The molecule has 2 heterocycles. The Kier molecular flexibility index (Phi) is 5.53. The van der Waals surface area contributed by atoms with Crippen molar-refractivity contribution in [3.8, 4) is 5.75 Å². The van der Waals surface area contributed by atoms with Crippen LogP contribution in [0.2, 0.25) is 0 Å². The Morgan fingerprint density at radius 1 is 1.24 bits per heavy atom. The molecule has 0 unspecified atom stereocenters. The van der Waals surface area contributed by atoms with Gasteiger partial charge in [0.15, 0.2) is 5.82 Å². The van der Waals surface area contributed by atoms with Gasteiger partial charge >= 0.3 is 6.03 Å². The summed E-state index contributed by atoms with van der Waals surface area (Å²) in [6.45, 7) is 3.80. The summed E-state index contributed by atoms with van der Waals surface area (Å²) >= 11 is 0. The zero-order valence-corrected chi connectivity index (χ0v) is 14.9. The zero-order chi connectivity index (χ0) is 17.6. The second-order valence-corrected chi connectivity index (χ2v) is 6.11. The topological polar surface area (TPSA) is 72.3 Å². The van der Waals surface area contributed by atoms with Gasteiger partial charge in [-0.3, -0.25) is 4.90 Å². The third-order valence-electron chi connectivity index (χ3n) is 4.44. The summed E-state index contributed by atoms with van der Waals surface area (Å²) in [5.74, 6) is 2.62. The predicted molar refractivity (Wildman–Crippen MR) is 95.8 cm³/mol. The number of methoxy groups -OCH3 is 1. The van der Waals surface area contributed by atoms with Crippen molar-refractivity contribution in [2.75, 3.05) is 18.6 Å². The fraction of sp³-hybridized carbons (Fsp3) is 0.500. The highest BCUT2D eigenvalue weighted by molar-refractivity contribution is 5.91. The van der Waals surface area contributed by atoms with Crippen LogP contribution in [0.4, 0.5) is 10.5 Å². The number of nitrogens with one attached hydrogen (secondary N) is 1. The van der Waals surface area contributed by atoms with Crippen molar-refractivity contribution in [2.24, 2.45) is 0 Å². The molecule has 0 atom stereocenters. The molecule has 0 radical (unpaired) electrons. The summed E-state index contributed by atoms with van der Waals surface area (Å²) in [6.07, 6.45) is 4.44. The predicted octanol–water partition coefficient (Wildman–Crippen LogP) is 2.75. The molecule has 25 heavy (non-hydrogen) atoms. The lowest BCUT2D eigenvalue weighted by atomic mass is 10.2. The highest BCUT2D eigenvalue weighted by Crippen LogP contribution is 2.22. The molecule has 7 nitrogen and oxygen atoms in total. The zero-order valence-electron chi connectivity index (χ0n) is 14.9. The third kappa shape index (κ3) is 3.92. The van der Waals surface area contributed by atoms with E-state index in [0.717, 1.165) is 48.9 Å². The van der Waals surface area contributed by atoms with Gasteiger partial charge in [-0.2, -0.15) is 0 Å². The molecular formula is C18H25N5O2. The van der Waals surface area contributed by atoms with E-state index in [-0.39, 0.29) is 6.03 Å². The minimum Gasteiger partial charge on any atom is -0.497 e. The Hall–Kier alpha value is -2.57. The number of amides is 2. The molecule has 0 saturated carbocycles. The first-order chi connectivity index (χ1) is 12.2. The van der Waals surface area contributed by atoms with Crippen LogP contribution >= 0.6 is 0 Å². The van der Waals surface area contributed by atoms with E-state index in [0.29, 0.717) is 13.1 Å². The fourth-order valence-corrected chi connectivity index (χ4v) is 3.09. The van der Waals surface area contributed by atoms with Crippen LogP contribution in [0.25, 0.3) is 0 Å². The van der Waals surface area contributed by atoms with Crippen molar-refractivity contribution in [3.05, 3.63) is 35.9 Å². The standard InChI is InChI=1S/C18H25N5O2/c1-3-19-18(24)23(14-8-10-15(25-2)11-9-14)13-17-21-20-16-7-5-4-6-12-22(16)17/h8-11H,3-7,12-13H2,1-2H3,(H,19,24). The maximum absolute atomic E-state index is 12.6. The highest BCUT2D eigenvalue weighted by Gasteiger charge is 2.21. The number of ether oxygens (including phenoxy) is 1. The largest absolute Gasteiger partial charge is 0.497 e. The minimum absolute atomic E-state index is 0.140. The lowest BCUT2D eigenvalue weighted by molar-refractivity contribution is 0.246. The van der Waals surface area contributed by atoms with Gasteiger partial charge in [-0.1, -0.05) is 6.42 Å². The molecular weight excluding hydrogens is 318 g/mol. The quantitative estimate of drug-likeness (QED) is 0.906. The molecule has 1 N–H and O–H groups in total. The molecule has 2 amide bonds. The van der Waals surface area contributed by atoms with Crippen molar-refractivity contribution < 1.29 is 9.53 Å². The van der Waals surface area contributed by atoms with Crippen LogP contribution in [0.15, 0.2) is 24.3 Å². The maximum Gasteiger partial charge on any atom is 0.322 e. The van der Waals surface area contributed by atoms with E-state index in [4.69, 9.17) is 4.74 Å². The van der Waals surface area contributed by atoms with Crippen molar-refractivity contribution >= 4 is 11.7 Å². The highest BCUT2D eigenvalue weighted by atomic mass is 16.5. The van der Waals surface area contributed by atoms with Gasteiger partial charge in [-0.05, 0) is 44.0 Å². The molecule has 134 valence electrons. The molecule has 1 aliphatic rings. The van der Waals surface area contributed by atoms with Crippen molar-refractivity contribution in [3.63, 3.8) is 0 Å². The average Bonchev–Trinajstić information content (AvgIpc) is 2.86. The number of aryl methyl sites for hydroxylation is 1. The van der Waals surface area contributed by atoms with E-state index in [1.165, 1.54) is 6.42 Å². The van der Waals surface area contributed by atoms with E-state index in [9.17, 15) is 4.79 Å². The monoisotopic (exact) mass is 343 g/mol. The van der Waals surface area contributed by atoms with Gasteiger partial charge in [-0.25, -0.2) is 4.79 Å². The van der Waals surface area contributed by atoms with Crippen LogP contribution in [-0.2, 0) is 19.5 Å². The first kappa shape index (κ1) is 17.3. The Bertz CT molecular complexity index is 711. The number of benzene rings is 1. The normalized spacial score (nSPS) is 13.7. The SMILES string of the molecule is CCNC(=O)N(Cc1nnc2n1CCCCC2)c1ccc(OC)cc1. The Morgan fingerprint density at radius 2 is 2.04 bits per heavy atom. The van der Waals surface area contributed by atoms with E-state index < -0.39 is 0 Å².